The van der Waals surface area contributed by atoms with E-state index in [1.165, 1.54) is 0 Å². The quantitative estimate of drug-likeness (QED) is 0.501. The van der Waals surface area contributed by atoms with Crippen LogP contribution in [-0.2, 0) is 14.3 Å². The van der Waals surface area contributed by atoms with Crippen LogP contribution in [0, 0.1) is 0 Å². The minimum atomic E-state index is -0.180. The van der Waals surface area contributed by atoms with Gasteiger partial charge in [-0.05, 0) is 26.7 Å². The summed E-state index contributed by atoms with van der Waals surface area (Å²) in [6.45, 7) is 9.81. The number of hydrogen-bond acceptors (Lipinski definition) is 4. The highest BCUT2D eigenvalue weighted by atomic mass is 16.5. The molecule has 0 aliphatic carbocycles. The molecule has 1 heterocycles. The van der Waals surface area contributed by atoms with Gasteiger partial charge >= 0.3 is 5.97 Å². The second kappa shape index (κ2) is 7.45. The van der Waals surface area contributed by atoms with Crippen molar-refractivity contribution in [3.8, 4) is 0 Å². The number of carbonyl (C=O) groups excluding carboxylic acids is 1. The summed E-state index contributed by atoms with van der Waals surface area (Å²) >= 11 is 0. The molecule has 17 heavy (non-hydrogen) atoms. The van der Waals surface area contributed by atoms with Crippen molar-refractivity contribution in [1.29, 1.82) is 0 Å². The van der Waals surface area contributed by atoms with Crippen LogP contribution in [0.2, 0.25) is 0 Å². The average molecular weight is 241 g/mol. The maximum atomic E-state index is 11.4. The van der Waals surface area contributed by atoms with Crippen molar-refractivity contribution < 1.29 is 14.3 Å². The lowest BCUT2D eigenvalue weighted by molar-refractivity contribution is -0.144. The van der Waals surface area contributed by atoms with Crippen LogP contribution in [0.3, 0.4) is 0 Å². The first kappa shape index (κ1) is 14.2. The van der Waals surface area contributed by atoms with Crippen molar-refractivity contribution in [3.05, 3.63) is 12.7 Å². The van der Waals surface area contributed by atoms with Crippen LogP contribution in [0.1, 0.15) is 26.7 Å². The van der Waals surface area contributed by atoms with E-state index in [1.807, 2.05) is 11.8 Å². The Labute approximate surface area is 104 Å². The summed E-state index contributed by atoms with van der Waals surface area (Å²) in [6, 6.07) is 0. The summed E-state index contributed by atoms with van der Waals surface area (Å²) in [5.41, 5.74) is 0. The molecule has 0 spiro atoms. The zero-order valence-electron chi connectivity index (χ0n) is 10.9. The van der Waals surface area contributed by atoms with Gasteiger partial charge in [-0.1, -0.05) is 6.08 Å². The topological polar surface area (TPSA) is 38.8 Å². The summed E-state index contributed by atoms with van der Waals surface area (Å²) in [7, 11) is 0. The van der Waals surface area contributed by atoms with Gasteiger partial charge in [0.1, 0.15) is 0 Å². The summed E-state index contributed by atoms with van der Waals surface area (Å²) in [5, 5.41) is 0. The molecular weight excluding hydrogens is 218 g/mol. The third-order valence-electron chi connectivity index (χ3n) is 2.83. The van der Waals surface area contributed by atoms with Gasteiger partial charge in [0.05, 0.1) is 25.4 Å². The Hall–Kier alpha value is -0.870. The molecule has 1 saturated heterocycles. The van der Waals surface area contributed by atoms with Gasteiger partial charge in [-0.25, -0.2) is 0 Å². The number of carbonyl (C=O) groups is 1. The van der Waals surface area contributed by atoms with Crippen LogP contribution < -0.4 is 0 Å². The maximum Gasteiger partial charge on any atom is 0.320 e. The zero-order chi connectivity index (χ0) is 12.7. The molecule has 0 saturated carbocycles. The fraction of sp³-hybridized carbons (Fsp3) is 0.769. The predicted octanol–water partition coefficient (Wildman–Crippen LogP) is 1.60. The van der Waals surface area contributed by atoms with E-state index < -0.39 is 0 Å². The Morgan fingerprint density at radius 2 is 2.35 bits per heavy atom. The fourth-order valence-corrected chi connectivity index (χ4v) is 2.08. The SMILES string of the molecule is C=CCN(CC(=O)OCC)CC1CCC(C)O1. The van der Waals surface area contributed by atoms with Crippen LogP contribution in [-0.4, -0.2) is 49.3 Å². The molecule has 4 nitrogen and oxygen atoms in total. The number of esters is 1. The highest BCUT2D eigenvalue weighted by molar-refractivity contribution is 5.71. The Balaban J connectivity index is 2.36. The lowest BCUT2D eigenvalue weighted by atomic mass is 10.2. The van der Waals surface area contributed by atoms with E-state index in [4.69, 9.17) is 9.47 Å². The first-order valence-electron chi connectivity index (χ1n) is 6.30. The molecule has 1 aliphatic rings. The van der Waals surface area contributed by atoms with Crippen molar-refractivity contribution in [2.45, 2.75) is 38.9 Å². The fourth-order valence-electron chi connectivity index (χ4n) is 2.08. The van der Waals surface area contributed by atoms with Crippen molar-refractivity contribution in [2.24, 2.45) is 0 Å². The molecule has 2 unspecified atom stereocenters. The van der Waals surface area contributed by atoms with E-state index in [-0.39, 0.29) is 12.1 Å². The van der Waals surface area contributed by atoms with Gasteiger partial charge in [-0.3, -0.25) is 9.69 Å². The minimum Gasteiger partial charge on any atom is -0.465 e. The molecule has 1 fully saturated rings. The van der Waals surface area contributed by atoms with Crippen molar-refractivity contribution >= 4 is 5.97 Å². The van der Waals surface area contributed by atoms with E-state index in [0.29, 0.717) is 25.8 Å². The molecule has 0 N–H and O–H groups in total. The average Bonchev–Trinajstić information content (AvgIpc) is 2.64. The molecule has 0 amide bonds. The van der Waals surface area contributed by atoms with Crippen LogP contribution in [0.5, 0.6) is 0 Å². The van der Waals surface area contributed by atoms with Crippen molar-refractivity contribution in [3.63, 3.8) is 0 Å². The Kier molecular flexibility index (Phi) is 6.22. The van der Waals surface area contributed by atoms with E-state index in [0.717, 1.165) is 19.4 Å². The second-order valence-electron chi connectivity index (χ2n) is 4.43. The van der Waals surface area contributed by atoms with Crippen LogP contribution in [0.15, 0.2) is 12.7 Å². The molecular formula is C13H23NO3. The van der Waals surface area contributed by atoms with Gasteiger partial charge in [-0.15, -0.1) is 6.58 Å². The smallest absolute Gasteiger partial charge is 0.320 e. The van der Waals surface area contributed by atoms with Gasteiger partial charge in [0, 0.05) is 13.1 Å². The van der Waals surface area contributed by atoms with Gasteiger partial charge in [0.15, 0.2) is 0 Å². The van der Waals surface area contributed by atoms with E-state index >= 15 is 0 Å². The van der Waals surface area contributed by atoms with E-state index in [2.05, 4.69) is 13.5 Å². The maximum absolute atomic E-state index is 11.4. The van der Waals surface area contributed by atoms with Gasteiger partial charge < -0.3 is 9.47 Å². The zero-order valence-corrected chi connectivity index (χ0v) is 10.9. The standard InChI is InChI=1S/C13H23NO3/c1-4-8-14(10-13(15)16-5-2)9-12-7-6-11(3)17-12/h4,11-12H,1,5-10H2,2-3H3. The summed E-state index contributed by atoms with van der Waals surface area (Å²) in [6.07, 6.45) is 4.55. The van der Waals surface area contributed by atoms with Crippen molar-refractivity contribution in [2.75, 3.05) is 26.2 Å². The second-order valence-corrected chi connectivity index (χ2v) is 4.43. The first-order valence-corrected chi connectivity index (χ1v) is 6.30. The Morgan fingerprint density at radius 1 is 1.59 bits per heavy atom. The molecule has 1 aliphatic heterocycles. The summed E-state index contributed by atoms with van der Waals surface area (Å²) in [5.74, 6) is -0.180. The predicted molar refractivity (Wildman–Crippen MR) is 66.8 cm³/mol. The number of hydrogen-bond donors (Lipinski definition) is 0. The number of ether oxygens (including phenoxy) is 2. The lowest BCUT2D eigenvalue weighted by Gasteiger charge is -2.23. The Bertz CT molecular complexity index is 255. The molecule has 0 aromatic carbocycles. The third kappa shape index (κ3) is 5.33. The van der Waals surface area contributed by atoms with E-state index in [9.17, 15) is 4.79 Å². The van der Waals surface area contributed by atoms with Gasteiger partial charge in [-0.2, -0.15) is 0 Å². The molecule has 2 atom stereocenters. The highest BCUT2D eigenvalue weighted by Crippen LogP contribution is 2.19. The minimum absolute atomic E-state index is 0.180. The van der Waals surface area contributed by atoms with Crippen molar-refractivity contribution in [1.82, 2.24) is 4.90 Å². The monoisotopic (exact) mass is 241 g/mol. The molecule has 0 aromatic heterocycles. The first-order chi connectivity index (χ1) is 8.15. The Morgan fingerprint density at radius 3 is 2.88 bits per heavy atom. The number of nitrogens with zero attached hydrogens (tertiary/aromatic N) is 1. The lowest BCUT2D eigenvalue weighted by Crippen LogP contribution is -2.37. The van der Waals surface area contributed by atoms with Crippen LogP contribution in [0.4, 0.5) is 0 Å². The van der Waals surface area contributed by atoms with E-state index in [1.54, 1.807) is 6.08 Å². The van der Waals surface area contributed by atoms with Crippen LogP contribution >= 0.6 is 0 Å². The molecule has 0 aromatic rings. The molecule has 4 heteroatoms. The summed E-state index contributed by atoms with van der Waals surface area (Å²) < 4.78 is 10.7. The summed E-state index contributed by atoms with van der Waals surface area (Å²) in [4.78, 5) is 13.4. The molecule has 1 rings (SSSR count). The largest absolute Gasteiger partial charge is 0.465 e. The normalized spacial score (nSPS) is 23.9. The highest BCUT2D eigenvalue weighted by Gasteiger charge is 2.24. The van der Waals surface area contributed by atoms with Gasteiger partial charge in [0.25, 0.3) is 0 Å². The third-order valence-corrected chi connectivity index (χ3v) is 2.83. The molecule has 0 bridgehead atoms. The molecule has 98 valence electrons. The van der Waals surface area contributed by atoms with Crippen LogP contribution in [0.25, 0.3) is 0 Å². The number of rotatable bonds is 7. The molecule has 0 radical (unpaired) electrons. The van der Waals surface area contributed by atoms with Gasteiger partial charge in [0.2, 0.25) is 0 Å².